The Balaban J connectivity index is 2.19. The van der Waals surface area contributed by atoms with Crippen LogP contribution in [0.3, 0.4) is 0 Å². The Hall–Kier alpha value is -2.66. The Morgan fingerprint density at radius 3 is 2.37 bits per heavy atom. The van der Waals surface area contributed by atoms with Crippen LogP contribution in [0.15, 0.2) is 55.1 Å². The van der Waals surface area contributed by atoms with E-state index >= 15 is 0 Å². The molecule has 0 radical (unpaired) electrons. The van der Waals surface area contributed by atoms with Crippen molar-refractivity contribution < 1.29 is 19.1 Å². The highest BCUT2D eigenvalue weighted by Crippen LogP contribution is 2.17. The normalized spacial score (nSPS) is 13.6. The van der Waals surface area contributed by atoms with Crippen LogP contribution in [-0.4, -0.2) is 36.7 Å². The van der Waals surface area contributed by atoms with Crippen molar-refractivity contribution in [3.63, 3.8) is 0 Å². The Kier molecular flexibility index (Phi) is 6.75. The lowest BCUT2D eigenvalue weighted by molar-refractivity contribution is -0.156. The Labute approximate surface area is 160 Å². The fraction of sp³-hybridized carbons (Fsp3) is 0.364. The van der Waals surface area contributed by atoms with Gasteiger partial charge in [0.05, 0.1) is 7.11 Å². The van der Waals surface area contributed by atoms with Gasteiger partial charge in [0, 0.05) is 0 Å². The lowest BCUT2D eigenvalue weighted by Crippen LogP contribution is -2.49. The molecule has 0 aliphatic heterocycles. The molecule has 5 nitrogen and oxygen atoms in total. The lowest BCUT2D eigenvalue weighted by Gasteiger charge is -2.25. The van der Waals surface area contributed by atoms with E-state index in [1.165, 1.54) is 13.2 Å². The van der Waals surface area contributed by atoms with Gasteiger partial charge in [-0.15, -0.1) is 6.58 Å². The molecule has 0 aromatic heterocycles. The van der Waals surface area contributed by atoms with Gasteiger partial charge in [-0.25, -0.2) is 4.79 Å². The number of methoxy groups -OCH3 is 1. The van der Waals surface area contributed by atoms with Gasteiger partial charge in [-0.3, -0.25) is 10.1 Å². The molecule has 144 valence electrons. The average molecular weight is 369 g/mol. The molecule has 0 aliphatic carbocycles. The molecular formula is C22H27NO4. The molecule has 1 N–H and O–H groups in total. The molecule has 5 heteroatoms. The van der Waals surface area contributed by atoms with Gasteiger partial charge in [0.15, 0.2) is 0 Å². The van der Waals surface area contributed by atoms with Crippen molar-refractivity contribution in [2.45, 2.75) is 44.9 Å². The molecule has 0 amide bonds. The summed E-state index contributed by atoms with van der Waals surface area (Å²) in [5, 5.41) is 5.22. The van der Waals surface area contributed by atoms with Gasteiger partial charge in [-0.2, -0.15) is 0 Å². The fourth-order valence-electron chi connectivity index (χ4n) is 2.77. The average Bonchev–Trinajstić information content (AvgIpc) is 2.62. The molecule has 27 heavy (non-hydrogen) atoms. The van der Waals surface area contributed by atoms with Gasteiger partial charge in [0.25, 0.3) is 0 Å². The number of fused-ring (bicyclic) bond motifs is 1. The van der Waals surface area contributed by atoms with Crippen LogP contribution in [0.5, 0.6) is 0 Å². The third kappa shape index (κ3) is 5.93. The van der Waals surface area contributed by atoms with E-state index in [9.17, 15) is 9.59 Å². The summed E-state index contributed by atoms with van der Waals surface area (Å²) in [6.45, 7) is 9.05. The van der Waals surface area contributed by atoms with Crippen molar-refractivity contribution in [2.75, 3.05) is 7.11 Å². The zero-order chi connectivity index (χ0) is 20.0. The van der Waals surface area contributed by atoms with E-state index in [-0.39, 0.29) is 0 Å². The molecule has 0 bridgehead atoms. The molecular weight excluding hydrogens is 342 g/mol. The van der Waals surface area contributed by atoms with Gasteiger partial charge in [-0.1, -0.05) is 48.5 Å². The highest BCUT2D eigenvalue weighted by Gasteiger charge is 2.28. The minimum Gasteiger partial charge on any atom is -0.468 e. The van der Waals surface area contributed by atoms with Crippen molar-refractivity contribution in [1.82, 2.24) is 5.32 Å². The predicted molar refractivity (Wildman–Crippen MR) is 106 cm³/mol. The quantitative estimate of drug-likeness (QED) is 0.598. The second kappa shape index (κ2) is 8.82. The molecule has 0 saturated heterocycles. The molecule has 2 rings (SSSR count). The second-order valence-corrected chi connectivity index (χ2v) is 7.37. The van der Waals surface area contributed by atoms with E-state index in [4.69, 9.17) is 9.47 Å². The maximum Gasteiger partial charge on any atom is 0.327 e. The van der Waals surface area contributed by atoms with Crippen LogP contribution < -0.4 is 5.32 Å². The topological polar surface area (TPSA) is 64.6 Å². The number of nitrogens with one attached hydrogen (secondary N) is 1. The van der Waals surface area contributed by atoms with E-state index in [1.807, 2.05) is 42.5 Å². The molecule has 2 aromatic rings. The van der Waals surface area contributed by atoms with E-state index < -0.39 is 29.6 Å². The van der Waals surface area contributed by atoms with E-state index in [1.54, 1.807) is 20.8 Å². The van der Waals surface area contributed by atoms with Crippen molar-refractivity contribution in [1.29, 1.82) is 0 Å². The smallest absolute Gasteiger partial charge is 0.327 e. The lowest BCUT2D eigenvalue weighted by atomic mass is 10.0. The number of benzene rings is 2. The number of hydrogen-bond donors (Lipinski definition) is 1. The minimum absolute atomic E-state index is 0.380. The summed E-state index contributed by atoms with van der Waals surface area (Å²) in [7, 11) is 1.33. The molecule has 2 atom stereocenters. The first-order chi connectivity index (χ1) is 12.7. The number of hydrogen-bond acceptors (Lipinski definition) is 5. The summed E-state index contributed by atoms with van der Waals surface area (Å²) < 4.78 is 10.3. The molecule has 2 aromatic carbocycles. The second-order valence-electron chi connectivity index (χ2n) is 7.37. The molecule has 0 aliphatic rings. The first-order valence-electron chi connectivity index (χ1n) is 8.90. The molecule has 0 spiro atoms. The SMILES string of the molecule is C=CC(N[C@@H](Cc1ccc2ccccc2c1)C(=O)OC)C(=O)OC(C)(C)C. The minimum atomic E-state index is -0.811. The van der Waals surface area contributed by atoms with Crippen LogP contribution in [0.2, 0.25) is 0 Å². The number of rotatable bonds is 7. The zero-order valence-corrected chi connectivity index (χ0v) is 16.3. The van der Waals surface area contributed by atoms with Crippen molar-refractivity contribution in [3.05, 3.63) is 60.7 Å². The standard InChI is InChI=1S/C22H27NO4/c1-6-18(21(25)27-22(2,3)4)23-19(20(24)26-5)14-15-11-12-16-9-7-8-10-17(16)13-15/h6-13,18-19,23H,1,14H2,2-5H3/t18?,19-/m0/s1. The van der Waals surface area contributed by atoms with Crippen LogP contribution in [0.25, 0.3) is 10.8 Å². The van der Waals surface area contributed by atoms with Gasteiger partial charge in [-0.05, 0) is 43.5 Å². The molecule has 0 saturated carbocycles. The highest BCUT2D eigenvalue weighted by molar-refractivity contribution is 5.84. The van der Waals surface area contributed by atoms with Gasteiger partial charge >= 0.3 is 11.9 Å². The number of carbonyl (C=O) groups excluding carboxylic acids is 2. The Morgan fingerprint density at radius 1 is 1.11 bits per heavy atom. The highest BCUT2D eigenvalue weighted by atomic mass is 16.6. The van der Waals surface area contributed by atoms with Crippen LogP contribution in [-0.2, 0) is 25.5 Å². The van der Waals surface area contributed by atoms with E-state index in [0.717, 1.165) is 16.3 Å². The summed E-state index contributed by atoms with van der Waals surface area (Å²) in [4.78, 5) is 24.6. The summed E-state index contributed by atoms with van der Waals surface area (Å²) >= 11 is 0. The summed E-state index contributed by atoms with van der Waals surface area (Å²) in [5.41, 5.74) is 0.336. The maximum absolute atomic E-state index is 12.4. The first-order valence-corrected chi connectivity index (χ1v) is 8.90. The van der Waals surface area contributed by atoms with Crippen molar-refractivity contribution in [2.24, 2.45) is 0 Å². The molecule has 0 fully saturated rings. The molecule has 0 heterocycles. The van der Waals surface area contributed by atoms with Crippen LogP contribution >= 0.6 is 0 Å². The monoisotopic (exact) mass is 369 g/mol. The van der Waals surface area contributed by atoms with Crippen LogP contribution in [0, 0.1) is 0 Å². The van der Waals surface area contributed by atoms with Gasteiger partial charge < -0.3 is 9.47 Å². The Bertz CT molecular complexity index is 822. The van der Waals surface area contributed by atoms with Gasteiger partial charge in [0.2, 0.25) is 0 Å². The van der Waals surface area contributed by atoms with Crippen LogP contribution in [0.4, 0.5) is 0 Å². The Morgan fingerprint density at radius 2 is 1.78 bits per heavy atom. The maximum atomic E-state index is 12.4. The number of ether oxygens (including phenoxy) is 2. The summed E-state index contributed by atoms with van der Waals surface area (Å²) in [5.74, 6) is -0.927. The molecule has 1 unspecified atom stereocenters. The summed E-state index contributed by atoms with van der Waals surface area (Å²) in [6, 6.07) is 12.5. The largest absolute Gasteiger partial charge is 0.468 e. The number of esters is 2. The van der Waals surface area contributed by atoms with Crippen LogP contribution in [0.1, 0.15) is 26.3 Å². The third-order valence-corrected chi connectivity index (χ3v) is 4.02. The zero-order valence-electron chi connectivity index (χ0n) is 16.3. The third-order valence-electron chi connectivity index (χ3n) is 4.02. The van der Waals surface area contributed by atoms with E-state index in [0.29, 0.717) is 6.42 Å². The fourth-order valence-corrected chi connectivity index (χ4v) is 2.77. The first kappa shape index (κ1) is 20.6. The predicted octanol–water partition coefficient (Wildman–Crippen LogP) is 3.41. The van der Waals surface area contributed by atoms with E-state index in [2.05, 4.69) is 11.9 Å². The van der Waals surface area contributed by atoms with Crippen molar-refractivity contribution >= 4 is 22.7 Å². The number of carbonyl (C=O) groups is 2. The van der Waals surface area contributed by atoms with Crippen molar-refractivity contribution in [3.8, 4) is 0 Å². The summed E-state index contributed by atoms with van der Waals surface area (Å²) in [6.07, 6.45) is 1.81. The van der Waals surface area contributed by atoms with Gasteiger partial charge in [0.1, 0.15) is 17.7 Å².